The Morgan fingerprint density at radius 1 is 0.933 bits per heavy atom. The predicted octanol–water partition coefficient (Wildman–Crippen LogP) is 3.53. The van der Waals surface area contributed by atoms with Crippen LogP contribution in [0.3, 0.4) is 0 Å². The van der Waals surface area contributed by atoms with Gasteiger partial charge < -0.3 is 0 Å². The van der Waals surface area contributed by atoms with E-state index in [1.165, 1.54) is 22.6 Å². The lowest BCUT2D eigenvalue weighted by atomic mass is 10.1. The number of halogens is 1. The van der Waals surface area contributed by atoms with Gasteiger partial charge in [-0.1, -0.05) is 46.3 Å². The predicted molar refractivity (Wildman–Crippen MR) is 114 cm³/mol. The zero-order valence-electron chi connectivity index (χ0n) is 15.4. The molecule has 0 radical (unpaired) electrons. The molecule has 1 aromatic heterocycles. The van der Waals surface area contributed by atoms with Crippen molar-refractivity contribution in [2.45, 2.75) is 9.72 Å². The quantitative estimate of drug-likeness (QED) is 0.420. The van der Waals surface area contributed by atoms with Gasteiger partial charge in [0.1, 0.15) is 5.82 Å². The van der Waals surface area contributed by atoms with Crippen molar-refractivity contribution in [1.29, 1.82) is 0 Å². The average molecular weight is 484 g/mol. The number of aromatic nitrogens is 1. The van der Waals surface area contributed by atoms with Crippen molar-refractivity contribution >= 4 is 49.3 Å². The Morgan fingerprint density at radius 3 is 2.17 bits per heavy atom. The minimum atomic E-state index is -3.79. The summed E-state index contributed by atoms with van der Waals surface area (Å²) in [6, 6.07) is 16.4. The van der Waals surface area contributed by atoms with Crippen molar-refractivity contribution in [3.63, 3.8) is 0 Å². The van der Waals surface area contributed by atoms with Crippen LogP contribution in [0, 0.1) is 0 Å². The first kappa shape index (κ1) is 19.0. The highest BCUT2D eigenvalue weighted by Crippen LogP contribution is 2.43. The number of amides is 2. The van der Waals surface area contributed by atoms with Gasteiger partial charge in [0.05, 0.1) is 39.3 Å². The summed E-state index contributed by atoms with van der Waals surface area (Å²) in [7, 11) is -3.79. The molecule has 2 amide bonds. The van der Waals surface area contributed by atoms with E-state index in [-0.39, 0.29) is 22.1 Å². The van der Waals surface area contributed by atoms with Gasteiger partial charge in [-0.2, -0.15) is 0 Å². The minimum Gasteiger partial charge on any atom is -0.268 e. The number of fused-ring (bicyclic) bond motifs is 2. The molecular weight excluding hydrogens is 470 g/mol. The van der Waals surface area contributed by atoms with Crippen molar-refractivity contribution in [2.75, 3.05) is 15.7 Å². The van der Waals surface area contributed by atoms with E-state index in [1.54, 1.807) is 48.5 Å². The Bertz CT molecular complexity index is 1280. The lowest BCUT2D eigenvalue weighted by Crippen LogP contribution is -2.30. The number of benzene rings is 2. The molecular formula is C21H14BrN3O4S. The van der Waals surface area contributed by atoms with E-state index in [4.69, 9.17) is 0 Å². The summed E-state index contributed by atoms with van der Waals surface area (Å²) in [5.74, 6) is -0.563. The molecule has 0 spiro atoms. The van der Waals surface area contributed by atoms with E-state index in [2.05, 4.69) is 20.9 Å². The molecule has 0 saturated heterocycles. The fourth-order valence-electron chi connectivity index (χ4n) is 3.71. The average Bonchev–Trinajstić information content (AvgIpc) is 3.23. The third-order valence-electron chi connectivity index (χ3n) is 5.16. The second-order valence-corrected chi connectivity index (χ2v) is 9.88. The molecule has 30 heavy (non-hydrogen) atoms. The maximum atomic E-state index is 13.1. The summed E-state index contributed by atoms with van der Waals surface area (Å²) in [4.78, 5) is 30.8. The Morgan fingerprint density at radius 2 is 1.53 bits per heavy atom. The van der Waals surface area contributed by atoms with E-state index in [0.717, 1.165) is 4.90 Å². The molecule has 2 aliphatic rings. The van der Waals surface area contributed by atoms with Crippen LogP contribution in [0.15, 0.2) is 71.8 Å². The van der Waals surface area contributed by atoms with Crippen LogP contribution >= 0.6 is 15.9 Å². The maximum absolute atomic E-state index is 13.1. The molecule has 2 aromatic carbocycles. The number of nitrogens with zero attached hydrogens (tertiary/aromatic N) is 3. The molecule has 5 rings (SSSR count). The highest BCUT2D eigenvalue weighted by atomic mass is 79.9. The van der Waals surface area contributed by atoms with Gasteiger partial charge in [0, 0.05) is 5.56 Å². The zero-order chi connectivity index (χ0) is 21.0. The monoisotopic (exact) mass is 483 g/mol. The third-order valence-corrected chi connectivity index (χ3v) is 7.72. The van der Waals surface area contributed by atoms with Crippen molar-refractivity contribution in [3.8, 4) is 0 Å². The fraction of sp³-hybridized carbons (Fsp3) is 0.0952. The first-order valence-corrected chi connectivity index (χ1v) is 11.4. The second-order valence-electron chi connectivity index (χ2n) is 6.91. The fourth-order valence-corrected chi connectivity index (χ4v) is 6.01. The van der Waals surface area contributed by atoms with Gasteiger partial charge in [-0.15, -0.1) is 0 Å². The van der Waals surface area contributed by atoms with Crippen LogP contribution in [0.4, 0.5) is 11.5 Å². The highest BCUT2D eigenvalue weighted by molar-refractivity contribution is 9.09. The van der Waals surface area contributed by atoms with E-state index < -0.39 is 21.8 Å². The van der Waals surface area contributed by atoms with E-state index in [1.807, 2.05) is 0 Å². The molecule has 1 unspecified atom stereocenters. The van der Waals surface area contributed by atoms with Crippen molar-refractivity contribution in [3.05, 3.63) is 83.6 Å². The number of carbonyl (C=O) groups excluding carboxylic acids is 2. The molecule has 0 saturated carbocycles. The number of carbonyl (C=O) groups is 2. The van der Waals surface area contributed by atoms with Gasteiger partial charge >= 0.3 is 0 Å². The van der Waals surface area contributed by atoms with E-state index in [9.17, 15) is 18.0 Å². The smallest absolute Gasteiger partial charge is 0.266 e. The summed E-state index contributed by atoms with van der Waals surface area (Å²) in [6.07, 6.45) is 1.36. The number of alkyl halides is 1. The molecule has 1 atom stereocenters. The van der Waals surface area contributed by atoms with Gasteiger partial charge in [-0.05, 0) is 30.3 Å². The summed E-state index contributed by atoms with van der Waals surface area (Å²) >= 11 is 3.51. The number of rotatable bonds is 3. The Balaban J connectivity index is 1.55. The van der Waals surface area contributed by atoms with Crippen LogP contribution in [0.5, 0.6) is 0 Å². The minimum absolute atomic E-state index is 0.158. The number of pyridine rings is 1. The normalized spacial score (nSPS) is 18.0. The first-order chi connectivity index (χ1) is 14.4. The highest BCUT2D eigenvalue weighted by Gasteiger charge is 2.40. The third kappa shape index (κ3) is 2.69. The number of anilines is 2. The molecule has 3 heterocycles. The summed E-state index contributed by atoms with van der Waals surface area (Å²) in [6.45, 7) is 0.158. The van der Waals surface area contributed by atoms with Gasteiger partial charge in [0.15, 0.2) is 0 Å². The largest absolute Gasteiger partial charge is 0.268 e. The molecule has 0 bridgehead atoms. The zero-order valence-corrected chi connectivity index (χ0v) is 17.8. The summed E-state index contributed by atoms with van der Waals surface area (Å²) < 4.78 is 27.4. The number of hydrogen-bond donors (Lipinski definition) is 0. The molecule has 7 nitrogen and oxygen atoms in total. The second kappa shape index (κ2) is 6.75. The Hall–Kier alpha value is -3.04. The number of sulfonamides is 1. The van der Waals surface area contributed by atoms with Crippen LogP contribution in [-0.2, 0) is 10.0 Å². The molecule has 9 heteroatoms. The summed E-state index contributed by atoms with van der Waals surface area (Å²) in [5.41, 5.74) is 1.59. The molecule has 0 N–H and O–H groups in total. The van der Waals surface area contributed by atoms with Crippen molar-refractivity contribution < 1.29 is 18.0 Å². The van der Waals surface area contributed by atoms with Gasteiger partial charge in [-0.3, -0.25) is 9.59 Å². The van der Waals surface area contributed by atoms with E-state index >= 15 is 0 Å². The molecule has 0 aliphatic carbocycles. The summed E-state index contributed by atoms with van der Waals surface area (Å²) in [5, 5.41) is 0. The molecule has 0 fully saturated rings. The maximum Gasteiger partial charge on any atom is 0.266 e. The number of imide groups is 1. The topological polar surface area (TPSA) is 87.7 Å². The molecule has 150 valence electrons. The first-order valence-electron chi connectivity index (χ1n) is 9.09. The van der Waals surface area contributed by atoms with Crippen molar-refractivity contribution in [2.24, 2.45) is 0 Å². The molecule has 3 aromatic rings. The van der Waals surface area contributed by atoms with Crippen LogP contribution in [0.1, 0.15) is 31.1 Å². The van der Waals surface area contributed by atoms with Gasteiger partial charge in [0.25, 0.3) is 21.8 Å². The lowest BCUT2D eigenvalue weighted by Gasteiger charge is -2.19. The number of hydrogen-bond acceptors (Lipinski definition) is 5. The van der Waals surface area contributed by atoms with Crippen LogP contribution < -0.4 is 9.21 Å². The Labute approximate surface area is 181 Å². The van der Waals surface area contributed by atoms with Crippen LogP contribution in [0.25, 0.3) is 0 Å². The van der Waals surface area contributed by atoms with Crippen LogP contribution in [0.2, 0.25) is 0 Å². The Kier molecular flexibility index (Phi) is 4.26. The standard InChI is InChI=1S/C21H14BrN3O4S/c22-18-12-24(30(28,29)14-6-2-1-3-7-14)19-17(18)10-13(11-23-19)25-20(26)15-8-4-5-9-16(15)21(25)27/h1-11,18H,12H2. The van der Waals surface area contributed by atoms with Gasteiger partial charge in [-0.25, -0.2) is 22.6 Å². The molecule has 2 aliphatic heterocycles. The van der Waals surface area contributed by atoms with E-state index in [0.29, 0.717) is 22.4 Å². The van der Waals surface area contributed by atoms with Crippen LogP contribution in [-0.4, -0.2) is 31.8 Å². The lowest BCUT2D eigenvalue weighted by molar-refractivity contribution is 0.0926. The van der Waals surface area contributed by atoms with Gasteiger partial charge in [0.2, 0.25) is 0 Å². The van der Waals surface area contributed by atoms with Crippen molar-refractivity contribution in [1.82, 2.24) is 4.98 Å². The SMILES string of the molecule is O=C1c2ccccc2C(=O)N1c1cnc2c(c1)C(Br)CN2S(=O)(=O)c1ccccc1.